The van der Waals surface area contributed by atoms with Gasteiger partial charge in [0.05, 0.1) is 23.8 Å². The first-order valence-corrected chi connectivity index (χ1v) is 15.5. The number of nitrogens with one attached hydrogen (secondary N) is 2. The van der Waals surface area contributed by atoms with Crippen LogP contribution in [0.1, 0.15) is 67.1 Å². The zero-order valence-corrected chi connectivity index (χ0v) is 25.4. The molecule has 4 aromatic rings. The molecular weight excluding hydrogens is 603 g/mol. The van der Waals surface area contributed by atoms with E-state index in [9.17, 15) is 27.9 Å². The Balaban J connectivity index is 1.26. The molecule has 3 atom stereocenters. The minimum Gasteiger partial charge on any atom is -0.390 e. The van der Waals surface area contributed by atoms with Crippen molar-refractivity contribution in [1.82, 2.24) is 25.5 Å². The van der Waals surface area contributed by atoms with Gasteiger partial charge in [-0.15, -0.1) is 11.3 Å². The van der Waals surface area contributed by atoms with E-state index in [1.807, 2.05) is 42.6 Å². The third-order valence-corrected chi connectivity index (χ3v) is 8.76. The van der Waals surface area contributed by atoms with Crippen LogP contribution in [0.2, 0.25) is 0 Å². The summed E-state index contributed by atoms with van der Waals surface area (Å²) in [6.07, 6.45) is -2.15. The summed E-state index contributed by atoms with van der Waals surface area (Å²) < 4.78 is 39.3. The predicted octanol–water partition coefficient (Wildman–Crippen LogP) is 5.33. The average molecular weight is 638 g/mol. The molecule has 1 saturated heterocycles. The number of thiazole rings is 1. The van der Waals surface area contributed by atoms with Gasteiger partial charge in [0.25, 0.3) is 11.8 Å². The second-order valence-corrected chi connectivity index (χ2v) is 12.0. The van der Waals surface area contributed by atoms with Crippen molar-refractivity contribution in [2.75, 3.05) is 13.1 Å². The van der Waals surface area contributed by atoms with Gasteiger partial charge in [-0.3, -0.25) is 14.6 Å². The summed E-state index contributed by atoms with van der Waals surface area (Å²) in [5.41, 5.74) is 1.82. The minimum atomic E-state index is -4.45. The zero-order valence-electron chi connectivity index (χ0n) is 24.6. The van der Waals surface area contributed by atoms with E-state index in [2.05, 4.69) is 20.6 Å². The number of pyridine rings is 1. The normalized spacial score (nSPS) is 16.4. The second kappa shape index (κ2) is 14.3. The number of alkyl halides is 3. The molecule has 0 aliphatic carbocycles. The Morgan fingerprint density at radius 3 is 2.60 bits per heavy atom. The molecule has 0 spiro atoms. The van der Waals surface area contributed by atoms with Crippen molar-refractivity contribution in [2.45, 2.75) is 57.1 Å². The summed E-state index contributed by atoms with van der Waals surface area (Å²) in [5, 5.41) is 19.9. The van der Waals surface area contributed by atoms with E-state index in [0.29, 0.717) is 18.5 Å². The number of carbonyl (C=O) groups excluding carboxylic acids is 2. The molecule has 3 N–H and O–H groups in total. The average Bonchev–Trinajstić information content (AvgIpc) is 3.70. The van der Waals surface area contributed by atoms with Crippen molar-refractivity contribution in [2.24, 2.45) is 0 Å². The molecule has 8 nitrogen and oxygen atoms in total. The Kier molecular flexibility index (Phi) is 10.3. The van der Waals surface area contributed by atoms with E-state index in [4.69, 9.17) is 0 Å². The summed E-state index contributed by atoms with van der Waals surface area (Å²) in [6.45, 7) is 2.60. The van der Waals surface area contributed by atoms with Gasteiger partial charge in [0, 0.05) is 42.5 Å². The molecule has 0 bridgehead atoms. The van der Waals surface area contributed by atoms with Gasteiger partial charge < -0.3 is 20.6 Å². The number of likely N-dealkylation sites (tertiary alicyclic amines) is 1. The van der Waals surface area contributed by atoms with Crippen LogP contribution in [0.4, 0.5) is 13.2 Å². The number of hydrogen-bond donors (Lipinski definition) is 3. The predicted molar refractivity (Wildman–Crippen MR) is 165 cm³/mol. The maximum atomic E-state index is 13.5. The number of nitrogens with zero attached hydrogens (tertiary/aromatic N) is 3. The summed E-state index contributed by atoms with van der Waals surface area (Å²) in [6, 6.07) is 16.4. The molecule has 0 radical (unpaired) electrons. The maximum absolute atomic E-state index is 13.5. The molecule has 3 heterocycles. The van der Waals surface area contributed by atoms with Gasteiger partial charge in [0.2, 0.25) is 0 Å². The Morgan fingerprint density at radius 1 is 1.09 bits per heavy atom. The third kappa shape index (κ3) is 8.33. The standard InChI is InChI=1S/C33H34F3N5O3S/c1-21-20-45-31(39-21)28-11-6-14-41(28)32(44)27-17-24(12-13-38-27)30(43)40-26(16-22-7-3-2-4-8-22)29(42)19-37-18-23-9-5-10-25(15-23)33(34,35)36/h2-5,7-10,12-13,15,17,20,26,28-29,37,42H,6,11,14,16,18-19H2,1H3,(H,40,43). The summed E-state index contributed by atoms with van der Waals surface area (Å²) >= 11 is 1.52. The highest BCUT2D eigenvalue weighted by atomic mass is 32.1. The number of amides is 2. The van der Waals surface area contributed by atoms with Crippen LogP contribution in [0.3, 0.4) is 0 Å². The van der Waals surface area contributed by atoms with Gasteiger partial charge in [-0.2, -0.15) is 13.2 Å². The molecular formula is C33H34F3N5O3S. The summed E-state index contributed by atoms with van der Waals surface area (Å²) in [4.78, 5) is 37.5. The van der Waals surface area contributed by atoms with E-state index < -0.39 is 29.8 Å². The number of hydrogen-bond acceptors (Lipinski definition) is 7. The van der Waals surface area contributed by atoms with Crippen LogP contribution >= 0.6 is 11.3 Å². The van der Waals surface area contributed by atoms with Gasteiger partial charge in [-0.1, -0.05) is 48.5 Å². The monoisotopic (exact) mass is 637 g/mol. The van der Waals surface area contributed by atoms with Crippen molar-refractivity contribution in [3.05, 3.63) is 117 Å². The SMILES string of the molecule is Cc1csc(C2CCCN2C(=O)c2cc(C(=O)NC(Cc3ccccc3)C(O)CNCc3cccc(C(F)(F)F)c3)ccn2)n1. The number of halogens is 3. The van der Waals surface area contributed by atoms with Crippen LogP contribution in [0.25, 0.3) is 0 Å². The highest BCUT2D eigenvalue weighted by molar-refractivity contribution is 7.09. The number of aliphatic hydroxyl groups excluding tert-OH is 1. The fraction of sp³-hybridized carbons (Fsp3) is 0.333. The zero-order chi connectivity index (χ0) is 32.0. The largest absolute Gasteiger partial charge is 0.416 e. The first-order chi connectivity index (χ1) is 21.6. The fourth-order valence-corrected chi connectivity index (χ4v) is 6.34. The second-order valence-electron chi connectivity index (χ2n) is 11.1. The van der Waals surface area contributed by atoms with Crippen LogP contribution in [-0.2, 0) is 19.1 Å². The van der Waals surface area contributed by atoms with Crippen molar-refractivity contribution < 1.29 is 27.9 Å². The molecule has 0 saturated carbocycles. The number of rotatable bonds is 11. The lowest BCUT2D eigenvalue weighted by molar-refractivity contribution is -0.137. The smallest absolute Gasteiger partial charge is 0.390 e. The molecule has 5 rings (SSSR count). The Morgan fingerprint density at radius 2 is 1.87 bits per heavy atom. The lowest BCUT2D eigenvalue weighted by Crippen LogP contribution is -2.48. The highest BCUT2D eigenvalue weighted by Crippen LogP contribution is 2.34. The number of carbonyl (C=O) groups is 2. The maximum Gasteiger partial charge on any atom is 0.416 e. The first-order valence-electron chi connectivity index (χ1n) is 14.7. The van der Waals surface area contributed by atoms with Gasteiger partial charge in [-0.05, 0) is 55.5 Å². The lowest BCUT2D eigenvalue weighted by atomic mass is 10.00. The Hall–Kier alpha value is -4.13. The molecule has 2 amide bonds. The number of aromatic nitrogens is 2. The Labute approximate surface area is 263 Å². The molecule has 1 aliphatic rings. The summed E-state index contributed by atoms with van der Waals surface area (Å²) in [7, 11) is 0. The van der Waals surface area contributed by atoms with E-state index in [1.54, 1.807) is 11.0 Å². The van der Waals surface area contributed by atoms with E-state index in [0.717, 1.165) is 41.2 Å². The van der Waals surface area contributed by atoms with Crippen molar-refractivity contribution in [1.29, 1.82) is 0 Å². The number of aliphatic hydroxyl groups is 1. The first kappa shape index (κ1) is 32.3. The number of benzene rings is 2. The molecule has 3 unspecified atom stereocenters. The van der Waals surface area contributed by atoms with Crippen LogP contribution in [0.5, 0.6) is 0 Å². The van der Waals surface area contributed by atoms with Crippen molar-refractivity contribution in [3.63, 3.8) is 0 Å². The quantitative estimate of drug-likeness (QED) is 0.205. The fourth-order valence-electron chi connectivity index (χ4n) is 5.39. The van der Waals surface area contributed by atoms with Crippen molar-refractivity contribution >= 4 is 23.2 Å². The van der Waals surface area contributed by atoms with Gasteiger partial charge in [-0.25, -0.2) is 4.98 Å². The van der Waals surface area contributed by atoms with Gasteiger partial charge >= 0.3 is 6.18 Å². The minimum absolute atomic E-state index is 0.0146. The van der Waals surface area contributed by atoms with Crippen molar-refractivity contribution in [3.8, 4) is 0 Å². The van der Waals surface area contributed by atoms with Gasteiger partial charge in [0.15, 0.2) is 0 Å². The molecule has 12 heteroatoms. The van der Waals surface area contributed by atoms with Gasteiger partial charge in [0.1, 0.15) is 10.7 Å². The Bertz CT molecular complexity index is 1610. The molecule has 1 fully saturated rings. The molecule has 45 heavy (non-hydrogen) atoms. The highest BCUT2D eigenvalue weighted by Gasteiger charge is 2.34. The number of aryl methyl sites for hydroxylation is 1. The third-order valence-electron chi connectivity index (χ3n) is 7.69. The molecule has 1 aliphatic heterocycles. The van der Waals surface area contributed by atoms with Crippen LogP contribution < -0.4 is 10.6 Å². The van der Waals surface area contributed by atoms with Crippen LogP contribution in [0, 0.1) is 6.92 Å². The van der Waals surface area contributed by atoms with E-state index in [-0.39, 0.29) is 36.3 Å². The molecule has 2 aromatic carbocycles. The lowest BCUT2D eigenvalue weighted by Gasteiger charge is -2.25. The molecule has 2 aromatic heterocycles. The van der Waals surface area contributed by atoms with E-state index >= 15 is 0 Å². The van der Waals surface area contributed by atoms with Crippen LogP contribution in [-0.4, -0.2) is 57.0 Å². The van der Waals surface area contributed by atoms with E-state index in [1.165, 1.54) is 35.7 Å². The summed E-state index contributed by atoms with van der Waals surface area (Å²) in [5.74, 6) is -0.766. The molecule has 236 valence electrons. The topological polar surface area (TPSA) is 107 Å². The van der Waals surface area contributed by atoms with Crippen LogP contribution in [0.15, 0.2) is 78.3 Å².